The Morgan fingerprint density at radius 3 is 2.37 bits per heavy atom. The largest absolute Gasteiger partial charge is 0.338 e. The minimum Gasteiger partial charge on any atom is -0.338 e. The van der Waals surface area contributed by atoms with Gasteiger partial charge in [-0.1, -0.05) is 0 Å². The van der Waals surface area contributed by atoms with Crippen LogP contribution in [0.3, 0.4) is 0 Å². The van der Waals surface area contributed by atoms with Crippen molar-refractivity contribution in [2.24, 2.45) is 0 Å². The first kappa shape index (κ1) is 16.0. The molecule has 2 fully saturated rings. The third kappa shape index (κ3) is 3.98. The molecule has 0 spiro atoms. The van der Waals surface area contributed by atoms with E-state index in [0.29, 0.717) is 32.7 Å². The first-order valence-corrected chi connectivity index (χ1v) is 6.77. The lowest BCUT2D eigenvalue weighted by Crippen LogP contribution is -2.55. The molecule has 110 valence electrons. The van der Waals surface area contributed by atoms with Crippen molar-refractivity contribution in [1.82, 2.24) is 20.4 Å². The Balaban J connectivity index is 0.00000180. The van der Waals surface area contributed by atoms with E-state index in [9.17, 15) is 9.59 Å². The third-order valence-corrected chi connectivity index (χ3v) is 3.56. The first-order chi connectivity index (χ1) is 8.72. The van der Waals surface area contributed by atoms with Gasteiger partial charge in [0.2, 0.25) is 5.91 Å². The van der Waals surface area contributed by atoms with Gasteiger partial charge in [-0.3, -0.25) is 4.79 Å². The predicted octanol–water partition coefficient (Wildman–Crippen LogP) is 0.0339. The standard InChI is InChI=1S/C12H22N4O2.ClH/c1-2-13-12(18)16-8-6-15(7-9-16)11(17)10-4-3-5-14-10;/h10,14H,2-9H2,1H3,(H,13,18);1H. The van der Waals surface area contributed by atoms with Gasteiger partial charge >= 0.3 is 6.03 Å². The number of nitrogens with one attached hydrogen (secondary N) is 2. The van der Waals surface area contributed by atoms with Crippen LogP contribution in [0.15, 0.2) is 0 Å². The zero-order chi connectivity index (χ0) is 13.0. The molecule has 2 aliphatic rings. The van der Waals surface area contributed by atoms with Crippen LogP contribution >= 0.6 is 12.4 Å². The summed E-state index contributed by atoms with van der Waals surface area (Å²) >= 11 is 0. The molecule has 1 unspecified atom stereocenters. The fourth-order valence-electron chi connectivity index (χ4n) is 2.51. The molecule has 0 bridgehead atoms. The fraction of sp³-hybridized carbons (Fsp3) is 0.833. The second-order valence-electron chi connectivity index (χ2n) is 4.80. The van der Waals surface area contributed by atoms with E-state index < -0.39 is 0 Å². The van der Waals surface area contributed by atoms with E-state index >= 15 is 0 Å². The van der Waals surface area contributed by atoms with Crippen LogP contribution in [0.2, 0.25) is 0 Å². The Morgan fingerprint density at radius 2 is 1.84 bits per heavy atom. The van der Waals surface area contributed by atoms with Crippen LogP contribution in [0.1, 0.15) is 19.8 Å². The van der Waals surface area contributed by atoms with Gasteiger partial charge in [0.05, 0.1) is 6.04 Å². The molecule has 0 aliphatic carbocycles. The highest BCUT2D eigenvalue weighted by Crippen LogP contribution is 2.11. The van der Waals surface area contributed by atoms with E-state index in [1.54, 1.807) is 4.90 Å². The van der Waals surface area contributed by atoms with Gasteiger partial charge in [-0.15, -0.1) is 12.4 Å². The summed E-state index contributed by atoms with van der Waals surface area (Å²) in [5.74, 6) is 0.197. The van der Waals surface area contributed by atoms with Crippen LogP contribution in [0.25, 0.3) is 0 Å². The summed E-state index contributed by atoms with van der Waals surface area (Å²) in [6.07, 6.45) is 2.02. The molecule has 19 heavy (non-hydrogen) atoms. The molecule has 6 nitrogen and oxygen atoms in total. The lowest BCUT2D eigenvalue weighted by Gasteiger charge is -2.35. The average molecular weight is 291 g/mol. The fourth-order valence-corrected chi connectivity index (χ4v) is 2.51. The normalized spacial score (nSPS) is 22.9. The molecule has 7 heteroatoms. The van der Waals surface area contributed by atoms with Crippen molar-refractivity contribution < 1.29 is 9.59 Å². The van der Waals surface area contributed by atoms with E-state index in [2.05, 4.69) is 10.6 Å². The number of nitrogens with zero attached hydrogens (tertiary/aromatic N) is 2. The van der Waals surface area contributed by atoms with Crippen LogP contribution in [0.4, 0.5) is 4.79 Å². The maximum atomic E-state index is 12.1. The van der Waals surface area contributed by atoms with Gasteiger partial charge in [0.15, 0.2) is 0 Å². The molecule has 1 atom stereocenters. The smallest absolute Gasteiger partial charge is 0.317 e. The average Bonchev–Trinajstić information content (AvgIpc) is 2.92. The van der Waals surface area contributed by atoms with Crippen LogP contribution in [0, 0.1) is 0 Å². The van der Waals surface area contributed by atoms with Crippen molar-refractivity contribution >= 4 is 24.3 Å². The van der Waals surface area contributed by atoms with E-state index in [0.717, 1.165) is 19.4 Å². The highest BCUT2D eigenvalue weighted by atomic mass is 35.5. The Hall–Kier alpha value is -1.01. The molecule has 0 aromatic carbocycles. The van der Waals surface area contributed by atoms with E-state index in [4.69, 9.17) is 0 Å². The molecule has 2 N–H and O–H groups in total. The summed E-state index contributed by atoms with van der Waals surface area (Å²) in [7, 11) is 0. The van der Waals surface area contributed by atoms with Gasteiger partial charge in [0.25, 0.3) is 0 Å². The molecule has 0 radical (unpaired) electrons. The number of carbonyl (C=O) groups is 2. The van der Waals surface area contributed by atoms with Gasteiger partial charge in [0, 0.05) is 32.7 Å². The van der Waals surface area contributed by atoms with Gasteiger partial charge in [0.1, 0.15) is 0 Å². The summed E-state index contributed by atoms with van der Waals surface area (Å²) in [5, 5.41) is 6.01. The molecular weight excluding hydrogens is 268 g/mol. The first-order valence-electron chi connectivity index (χ1n) is 6.77. The van der Waals surface area contributed by atoms with Crippen LogP contribution in [0.5, 0.6) is 0 Å². The van der Waals surface area contributed by atoms with Crippen molar-refractivity contribution in [3.8, 4) is 0 Å². The van der Waals surface area contributed by atoms with E-state index in [1.165, 1.54) is 0 Å². The Labute approximate surface area is 120 Å². The zero-order valence-corrected chi connectivity index (χ0v) is 12.2. The predicted molar refractivity (Wildman–Crippen MR) is 75.5 cm³/mol. The molecular formula is C12H23ClN4O2. The molecule has 2 heterocycles. The second-order valence-corrected chi connectivity index (χ2v) is 4.80. The summed E-state index contributed by atoms with van der Waals surface area (Å²) in [4.78, 5) is 27.4. The van der Waals surface area contributed by atoms with E-state index in [-0.39, 0.29) is 30.4 Å². The van der Waals surface area contributed by atoms with Crippen LogP contribution in [-0.2, 0) is 4.79 Å². The molecule has 0 aromatic heterocycles. The Kier molecular flexibility index (Phi) is 6.37. The summed E-state index contributed by atoms with van der Waals surface area (Å²) in [6, 6.07) is -0.0235. The maximum Gasteiger partial charge on any atom is 0.317 e. The minimum atomic E-state index is -0.0245. The SMILES string of the molecule is CCNC(=O)N1CCN(C(=O)C2CCCN2)CC1.Cl. The number of carbonyl (C=O) groups excluding carboxylic acids is 2. The molecule has 3 amide bonds. The Morgan fingerprint density at radius 1 is 1.21 bits per heavy atom. The molecule has 0 aromatic rings. The summed E-state index contributed by atoms with van der Waals surface area (Å²) in [5.41, 5.74) is 0. The van der Waals surface area contributed by atoms with Crippen molar-refractivity contribution in [3.05, 3.63) is 0 Å². The van der Waals surface area contributed by atoms with Crippen LogP contribution in [-0.4, -0.2) is 67.0 Å². The Bertz CT molecular complexity index is 313. The number of amides is 3. The van der Waals surface area contributed by atoms with Crippen molar-refractivity contribution in [1.29, 1.82) is 0 Å². The van der Waals surface area contributed by atoms with Gasteiger partial charge < -0.3 is 20.4 Å². The van der Waals surface area contributed by atoms with Crippen molar-refractivity contribution in [2.75, 3.05) is 39.3 Å². The third-order valence-electron chi connectivity index (χ3n) is 3.56. The number of hydrogen-bond acceptors (Lipinski definition) is 3. The van der Waals surface area contributed by atoms with Gasteiger partial charge in [-0.25, -0.2) is 4.79 Å². The lowest BCUT2D eigenvalue weighted by molar-refractivity contribution is -0.134. The highest BCUT2D eigenvalue weighted by molar-refractivity contribution is 5.85. The van der Waals surface area contributed by atoms with Crippen molar-refractivity contribution in [2.45, 2.75) is 25.8 Å². The van der Waals surface area contributed by atoms with Crippen molar-refractivity contribution in [3.63, 3.8) is 0 Å². The topological polar surface area (TPSA) is 64.7 Å². The summed E-state index contributed by atoms with van der Waals surface area (Å²) < 4.78 is 0. The van der Waals surface area contributed by atoms with Crippen LogP contribution < -0.4 is 10.6 Å². The quantitative estimate of drug-likeness (QED) is 0.754. The molecule has 2 rings (SSSR count). The number of piperazine rings is 1. The number of hydrogen-bond donors (Lipinski definition) is 2. The number of halogens is 1. The zero-order valence-electron chi connectivity index (χ0n) is 11.4. The molecule has 2 saturated heterocycles. The lowest BCUT2D eigenvalue weighted by atomic mass is 10.2. The monoisotopic (exact) mass is 290 g/mol. The maximum absolute atomic E-state index is 12.1. The van der Waals surface area contributed by atoms with Gasteiger partial charge in [-0.05, 0) is 26.3 Å². The number of rotatable bonds is 2. The minimum absolute atomic E-state index is 0. The van der Waals surface area contributed by atoms with Gasteiger partial charge in [-0.2, -0.15) is 0 Å². The number of urea groups is 1. The second kappa shape index (κ2) is 7.55. The summed E-state index contributed by atoms with van der Waals surface area (Å²) in [6.45, 7) is 6.04. The molecule has 2 aliphatic heterocycles. The van der Waals surface area contributed by atoms with E-state index in [1.807, 2.05) is 11.8 Å². The molecule has 0 saturated carbocycles. The highest BCUT2D eigenvalue weighted by Gasteiger charge is 2.30.